The van der Waals surface area contributed by atoms with Gasteiger partial charge in [-0.05, 0) is 49.2 Å². The number of aliphatic hydroxyl groups is 1. The Labute approximate surface area is 166 Å². The molecule has 1 aliphatic heterocycles. The highest BCUT2D eigenvalue weighted by Gasteiger charge is 2.49. The van der Waals surface area contributed by atoms with Crippen LogP contribution < -0.4 is 10.2 Å². The summed E-state index contributed by atoms with van der Waals surface area (Å²) in [6, 6.07) is 7.52. The second kappa shape index (κ2) is 8.12. The van der Waals surface area contributed by atoms with Crippen LogP contribution in [-0.4, -0.2) is 41.0 Å². The lowest BCUT2D eigenvalue weighted by atomic mass is 10.1. The summed E-state index contributed by atoms with van der Waals surface area (Å²) in [5, 5.41) is 13.1. The third kappa shape index (κ3) is 4.58. The van der Waals surface area contributed by atoms with E-state index in [-0.39, 0.29) is 24.5 Å². The van der Waals surface area contributed by atoms with Crippen molar-refractivity contribution in [3.63, 3.8) is 0 Å². The van der Waals surface area contributed by atoms with Crippen molar-refractivity contribution >= 4 is 29.3 Å². The number of carbonyl (C=O) groups is 2. The number of nitrogens with one attached hydrogen (secondary N) is 1. The standard InChI is InChI=1S/C19H19ClFN3O4/c1-12-2-3-16(11-23-12)24-7-5-19(27,17(24)25)28-18(26)22-6-4-13-8-14(20)10-15(21)9-13/h2-3,8-11,27H,4-7H2,1H3,(H,22,26)/t19-/m1/s1. The Morgan fingerprint density at radius 3 is 2.89 bits per heavy atom. The van der Waals surface area contributed by atoms with E-state index in [2.05, 4.69) is 10.3 Å². The summed E-state index contributed by atoms with van der Waals surface area (Å²) < 4.78 is 18.3. The van der Waals surface area contributed by atoms with Crippen molar-refractivity contribution in [2.75, 3.05) is 18.0 Å². The second-order valence-corrected chi connectivity index (χ2v) is 6.93. The van der Waals surface area contributed by atoms with E-state index in [1.54, 1.807) is 18.2 Å². The summed E-state index contributed by atoms with van der Waals surface area (Å²) >= 11 is 5.78. The molecule has 2 N–H and O–H groups in total. The summed E-state index contributed by atoms with van der Waals surface area (Å²) in [7, 11) is 0. The van der Waals surface area contributed by atoms with Gasteiger partial charge < -0.3 is 20.1 Å². The van der Waals surface area contributed by atoms with E-state index in [9.17, 15) is 19.1 Å². The average Bonchev–Trinajstić information content (AvgIpc) is 2.90. The van der Waals surface area contributed by atoms with Crippen LogP contribution in [0.2, 0.25) is 5.02 Å². The summed E-state index contributed by atoms with van der Waals surface area (Å²) in [6.45, 7) is 2.13. The molecule has 0 aliphatic carbocycles. The predicted molar refractivity (Wildman–Crippen MR) is 100 cm³/mol. The number of rotatable bonds is 5. The molecule has 28 heavy (non-hydrogen) atoms. The van der Waals surface area contributed by atoms with Gasteiger partial charge in [0.2, 0.25) is 0 Å². The maximum atomic E-state index is 13.3. The molecule has 0 saturated carbocycles. The third-order valence-corrected chi connectivity index (χ3v) is 4.55. The van der Waals surface area contributed by atoms with Gasteiger partial charge in [-0.15, -0.1) is 0 Å². The maximum absolute atomic E-state index is 13.3. The normalized spacial score (nSPS) is 19.0. The zero-order valence-electron chi connectivity index (χ0n) is 15.1. The van der Waals surface area contributed by atoms with Gasteiger partial charge in [-0.1, -0.05) is 11.6 Å². The Bertz CT molecular complexity index is 873. The fraction of sp³-hybridized carbons (Fsp3) is 0.316. The first-order chi connectivity index (χ1) is 13.3. The first-order valence-electron chi connectivity index (χ1n) is 8.66. The first-order valence-corrected chi connectivity index (χ1v) is 9.03. The summed E-state index contributed by atoms with van der Waals surface area (Å²) in [4.78, 5) is 29.9. The molecule has 1 aliphatic rings. The highest BCUT2D eigenvalue weighted by molar-refractivity contribution is 6.30. The van der Waals surface area contributed by atoms with Crippen molar-refractivity contribution in [3.05, 3.63) is 58.6 Å². The first kappa shape index (κ1) is 20.0. The van der Waals surface area contributed by atoms with Gasteiger partial charge in [0, 0.05) is 30.2 Å². The van der Waals surface area contributed by atoms with Gasteiger partial charge in [-0.25, -0.2) is 9.18 Å². The molecule has 1 aromatic heterocycles. The van der Waals surface area contributed by atoms with Gasteiger partial charge in [-0.3, -0.25) is 9.78 Å². The Morgan fingerprint density at radius 1 is 1.43 bits per heavy atom. The number of hydrogen-bond donors (Lipinski definition) is 2. The number of amides is 2. The number of benzene rings is 1. The molecule has 2 heterocycles. The highest BCUT2D eigenvalue weighted by Crippen LogP contribution is 2.29. The van der Waals surface area contributed by atoms with Crippen molar-refractivity contribution in [1.29, 1.82) is 0 Å². The maximum Gasteiger partial charge on any atom is 0.410 e. The molecule has 148 valence electrons. The molecule has 1 atom stereocenters. The van der Waals surface area contributed by atoms with Crippen molar-refractivity contribution in [1.82, 2.24) is 10.3 Å². The monoisotopic (exact) mass is 407 g/mol. The molecular weight excluding hydrogens is 389 g/mol. The van der Waals surface area contributed by atoms with E-state index in [1.165, 1.54) is 23.2 Å². The second-order valence-electron chi connectivity index (χ2n) is 6.49. The topological polar surface area (TPSA) is 91.8 Å². The van der Waals surface area contributed by atoms with E-state index in [0.29, 0.717) is 17.7 Å². The summed E-state index contributed by atoms with van der Waals surface area (Å²) in [6.07, 6.45) is 0.817. The van der Waals surface area contributed by atoms with Crippen molar-refractivity contribution in [2.24, 2.45) is 0 Å². The average molecular weight is 408 g/mol. The van der Waals surface area contributed by atoms with Crippen LogP contribution in [0.5, 0.6) is 0 Å². The van der Waals surface area contributed by atoms with Crippen molar-refractivity contribution < 1.29 is 23.8 Å². The van der Waals surface area contributed by atoms with E-state index < -0.39 is 23.6 Å². The molecule has 2 aromatic rings. The number of ether oxygens (including phenoxy) is 1. The summed E-state index contributed by atoms with van der Waals surface area (Å²) in [5.74, 6) is -3.44. The molecule has 0 spiro atoms. The predicted octanol–water partition coefficient (Wildman–Crippen LogP) is 2.58. The highest BCUT2D eigenvalue weighted by atomic mass is 35.5. The molecule has 0 unspecified atom stereocenters. The van der Waals surface area contributed by atoms with Gasteiger partial charge in [0.25, 0.3) is 11.7 Å². The quantitative estimate of drug-likeness (QED) is 0.743. The van der Waals surface area contributed by atoms with Gasteiger partial charge in [0.1, 0.15) is 5.82 Å². The van der Waals surface area contributed by atoms with Crippen LogP contribution in [0.1, 0.15) is 17.7 Å². The van der Waals surface area contributed by atoms with Gasteiger partial charge in [0.15, 0.2) is 0 Å². The minimum absolute atomic E-state index is 0.0629. The lowest BCUT2D eigenvalue weighted by Crippen LogP contribution is -2.46. The summed E-state index contributed by atoms with van der Waals surface area (Å²) in [5.41, 5.74) is 1.90. The van der Waals surface area contributed by atoms with Gasteiger partial charge in [-0.2, -0.15) is 0 Å². The molecule has 0 radical (unpaired) electrons. The largest absolute Gasteiger partial charge is 0.410 e. The van der Waals surface area contributed by atoms with Crippen LogP contribution in [0.3, 0.4) is 0 Å². The van der Waals surface area contributed by atoms with Crippen LogP contribution in [-0.2, 0) is 16.0 Å². The van der Waals surface area contributed by atoms with Crippen molar-refractivity contribution in [2.45, 2.75) is 25.6 Å². The molecule has 1 aromatic carbocycles. The molecule has 1 fully saturated rings. The van der Waals surface area contributed by atoms with Crippen LogP contribution in [0.25, 0.3) is 0 Å². The van der Waals surface area contributed by atoms with Crippen LogP contribution >= 0.6 is 11.6 Å². The molecule has 2 amide bonds. The van der Waals surface area contributed by atoms with Crippen LogP contribution in [0.4, 0.5) is 14.9 Å². The molecular formula is C19H19ClFN3O4. The Balaban J connectivity index is 1.54. The Hall–Kier alpha value is -2.71. The smallest absolute Gasteiger partial charge is 0.407 e. The lowest BCUT2D eigenvalue weighted by molar-refractivity contribution is -0.175. The van der Waals surface area contributed by atoms with Crippen LogP contribution in [0.15, 0.2) is 36.5 Å². The number of aryl methyl sites for hydroxylation is 1. The number of halogens is 2. The van der Waals surface area contributed by atoms with E-state index in [1.807, 2.05) is 6.92 Å². The van der Waals surface area contributed by atoms with E-state index >= 15 is 0 Å². The number of hydrogen-bond acceptors (Lipinski definition) is 5. The Morgan fingerprint density at radius 2 is 2.21 bits per heavy atom. The fourth-order valence-corrected chi connectivity index (χ4v) is 3.14. The lowest BCUT2D eigenvalue weighted by Gasteiger charge is -2.22. The molecule has 0 bridgehead atoms. The van der Waals surface area contributed by atoms with Crippen LogP contribution in [0, 0.1) is 12.7 Å². The van der Waals surface area contributed by atoms with Gasteiger partial charge >= 0.3 is 6.09 Å². The van der Waals surface area contributed by atoms with E-state index in [4.69, 9.17) is 16.3 Å². The minimum Gasteiger partial charge on any atom is -0.407 e. The van der Waals surface area contributed by atoms with Gasteiger partial charge in [0.05, 0.1) is 11.9 Å². The number of alkyl carbamates (subject to hydrolysis) is 1. The number of carbonyl (C=O) groups excluding carboxylic acids is 2. The molecule has 9 heteroatoms. The SMILES string of the molecule is Cc1ccc(N2CC[C@@](O)(OC(=O)NCCc3cc(F)cc(Cl)c3)C2=O)cn1. The number of pyridine rings is 1. The molecule has 3 rings (SSSR count). The number of nitrogens with zero attached hydrogens (tertiary/aromatic N) is 2. The molecule has 7 nitrogen and oxygen atoms in total. The zero-order valence-corrected chi connectivity index (χ0v) is 15.9. The number of anilines is 1. The van der Waals surface area contributed by atoms with E-state index in [0.717, 1.165) is 5.69 Å². The molecule has 1 saturated heterocycles. The minimum atomic E-state index is -2.24. The Kier molecular flexibility index (Phi) is 5.81. The van der Waals surface area contributed by atoms with Crippen molar-refractivity contribution in [3.8, 4) is 0 Å². The number of aromatic nitrogens is 1. The fourth-order valence-electron chi connectivity index (χ4n) is 2.90. The zero-order chi connectivity index (χ0) is 20.3. The third-order valence-electron chi connectivity index (χ3n) is 4.33.